The number of ketones is 1. The van der Waals surface area contributed by atoms with Crippen LogP contribution in [0.5, 0.6) is 5.75 Å². The second kappa shape index (κ2) is 5.14. The Kier molecular flexibility index (Phi) is 3.57. The van der Waals surface area contributed by atoms with Gasteiger partial charge in [0, 0.05) is 18.3 Å². The van der Waals surface area contributed by atoms with Crippen molar-refractivity contribution in [2.75, 3.05) is 18.0 Å². The molecule has 2 rings (SSSR count). The molecule has 0 bridgehead atoms. The van der Waals surface area contributed by atoms with Gasteiger partial charge < -0.3 is 10.0 Å². The third-order valence-corrected chi connectivity index (χ3v) is 3.18. The van der Waals surface area contributed by atoms with Gasteiger partial charge in [0.15, 0.2) is 5.78 Å². The van der Waals surface area contributed by atoms with Gasteiger partial charge in [0.1, 0.15) is 5.75 Å². The molecule has 0 saturated heterocycles. The molecule has 0 atom stereocenters. The van der Waals surface area contributed by atoms with Crippen LogP contribution in [-0.4, -0.2) is 24.0 Å². The molecule has 0 heterocycles. The number of hydrogen-bond donors (Lipinski definition) is 1. The summed E-state index contributed by atoms with van der Waals surface area (Å²) >= 11 is 0. The van der Waals surface area contributed by atoms with Crippen molar-refractivity contribution < 1.29 is 9.90 Å². The lowest BCUT2D eigenvalue weighted by molar-refractivity contribution is 0.101. The van der Waals surface area contributed by atoms with Crippen molar-refractivity contribution >= 4 is 11.5 Å². The molecular weight excluding hydrogens is 226 g/mol. The van der Waals surface area contributed by atoms with Crippen LogP contribution in [0.4, 0.5) is 5.69 Å². The average molecular weight is 243 g/mol. The Balaban J connectivity index is 2.21. The number of carbonyl (C=O) groups is 1. The number of anilines is 1. The van der Waals surface area contributed by atoms with E-state index in [2.05, 4.69) is 10.8 Å². The first-order chi connectivity index (χ1) is 8.61. The molecule has 3 nitrogen and oxygen atoms in total. The van der Waals surface area contributed by atoms with Gasteiger partial charge in [-0.05, 0) is 37.8 Å². The Morgan fingerprint density at radius 1 is 1.56 bits per heavy atom. The van der Waals surface area contributed by atoms with Crippen LogP contribution in [0.2, 0.25) is 0 Å². The maximum Gasteiger partial charge on any atom is 0.163 e. The lowest BCUT2D eigenvalue weighted by Crippen LogP contribution is -2.26. The summed E-state index contributed by atoms with van der Waals surface area (Å²) in [6, 6.07) is 5.12. The fourth-order valence-electron chi connectivity index (χ4n) is 2.00. The highest BCUT2D eigenvalue weighted by atomic mass is 16.3. The number of Topliss-reactive ketones (excluding diaryl/α,β-unsaturated/α-hetero) is 1. The Morgan fingerprint density at radius 2 is 2.28 bits per heavy atom. The monoisotopic (exact) mass is 243 g/mol. The lowest BCUT2D eigenvalue weighted by atomic mass is 10.1. The Morgan fingerprint density at radius 3 is 2.78 bits per heavy atom. The van der Waals surface area contributed by atoms with E-state index in [1.807, 2.05) is 6.07 Å². The number of phenols is 1. The number of hydrogen-bond acceptors (Lipinski definition) is 3. The zero-order valence-corrected chi connectivity index (χ0v) is 10.5. The summed E-state index contributed by atoms with van der Waals surface area (Å²) in [5, 5.41) is 9.83. The quantitative estimate of drug-likeness (QED) is 0.638. The van der Waals surface area contributed by atoms with E-state index in [-0.39, 0.29) is 11.5 Å². The molecule has 1 aliphatic carbocycles. The summed E-state index contributed by atoms with van der Waals surface area (Å²) in [4.78, 5) is 13.3. The van der Waals surface area contributed by atoms with Crippen molar-refractivity contribution in [2.24, 2.45) is 5.92 Å². The fourth-order valence-corrected chi connectivity index (χ4v) is 2.00. The maximum absolute atomic E-state index is 11.3. The van der Waals surface area contributed by atoms with Crippen LogP contribution in [0, 0.1) is 18.3 Å². The number of nitrogens with zero attached hydrogens (tertiary/aromatic N) is 1. The number of terminal acetylenes is 1. The van der Waals surface area contributed by atoms with Gasteiger partial charge >= 0.3 is 0 Å². The van der Waals surface area contributed by atoms with Gasteiger partial charge in [0.05, 0.1) is 12.1 Å². The molecule has 0 spiro atoms. The highest BCUT2D eigenvalue weighted by Gasteiger charge is 2.24. The molecule has 0 amide bonds. The SMILES string of the molecule is C#CCN(CC1CC1)c1ccc(C(C)=O)c(O)c1. The summed E-state index contributed by atoms with van der Waals surface area (Å²) in [5.41, 5.74) is 1.23. The second-order valence-corrected chi connectivity index (χ2v) is 4.79. The van der Waals surface area contributed by atoms with Crippen molar-refractivity contribution in [3.05, 3.63) is 23.8 Å². The van der Waals surface area contributed by atoms with Crippen molar-refractivity contribution in [1.29, 1.82) is 0 Å². The van der Waals surface area contributed by atoms with E-state index in [1.54, 1.807) is 12.1 Å². The van der Waals surface area contributed by atoms with E-state index < -0.39 is 0 Å². The van der Waals surface area contributed by atoms with E-state index in [1.165, 1.54) is 19.8 Å². The Labute approximate surface area is 107 Å². The fraction of sp³-hybridized carbons (Fsp3) is 0.400. The summed E-state index contributed by atoms with van der Waals surface area (Å²) in [6.45, 7) is 2.89. The zero-order valence-electron chi connectivity index (χ0n) is 10.5. The second-order valence-electron chi connectivity index (χ2n) is 4.79. The van der Waals surface area contributed by atoms with Gasteiger partial charge in [-0.25, -0.2) is 0 Å². The minimum Gasteiger partial charge on any atom is -0.507 e. The van der Waals surface area contributed by atoms with Crippen LogP contribution < -0.4 is 4.90 Å². The molecule has 1 aromatic rings. The van der Waals surface area contributed by atoms with E-state index in [9.17, 15) is 9.90 Å². The predicted molar refractivity (Wildman–Crippen MR) is 71.9 cm³/mol. The first-order valence-electron chi connectivity index (χ1n) is 6.14. The van der Waals surface area contributed by atoms with Gasteiger partial charge in [0.25, 0.3) is 0 Å². The van der Waals surface area contributed by atoms with Gasteiger partial charge in [-0.2, -0.15) is 0 Å². The Bertz CT molecular complexity index is 498. The summed E-state index contributed by atoms with van der Waals surface area (Å²) in [6.07, 6.45) is 7.87. The zero-order chi connectivity index (χ0) is 13.1. The van der Waals surface area contributed by atoms with Crippen LogP contribution in [0.15, 0.2) is 18.2 Å². The molecule has 0 radical (unpaired) electrons. The number of rotatable bonds is 5. The van der Waals surface area contributed by atoms with Crippen molar-refractivity contribution in [3.63, 3.8) is 0 Å². The summed E-state index contributed by atoms with van der Waals surface area (Å²) < 4.78 is 0. The van der Waals surface area contributed by atoms with Gasteiger partial charge in [-0.1, -0.05) is 5.92 Å². The minimum absolute atomic E-state index is 0.0258. The number of aromatic hydroxyl groups is 1. The molecule has 3 heteroatoms. The summed E-state index contributed by atoms with van der Waals surface area (Å²) in [5.74, 6) is 3.24. The molecule has 1 saturated carbocycles. The highest BCUT2D eigenvalue weighted by molar-refractivity contribution is 5.97. The number of benzene rings is 1. The van der Waals surface area contributed by atoms with Gasteiger partial charge in [-0.3, -0.25) is 4.79 Å². The van der Waals surface area contributed by atoms with Crippen LogP contribution in [0.3, 0.4) is 0 Å². The van der Waals surface area contributed by atoms with E-state index >= 15 is 0 Å². The molecule has 1 aromatic carbocycles. The maximum atomic E-state index is 11.3. The molecule has 18 heavy (non-hydrogen) atoms. The normalized spacial score (nSPS) is 14.0. The van der Waals surface area contributed by atoms with Crippen molar-refractivity contribution in [3.8, 4) is 18.1 Å². The van der Waals surface area contributed by atoms with Gasteiger partial charge in [-0.15, -0.1) is 6.42 Å². The third kappa shape index (κ3) is 2.84. The molecule has 1 aliphatic rings. The van der Waals surface area contributed by atoms with Crippen molar-refractivity contribution in [2.45, 2.75) is 19.8 Å². The molecule has 1 N–H and O–H groups in total. The molecule has 0 aromatic heterocycles. The molecular formula is C15H17NO2. The van der Waals surface area contributed by atoms with Crippen LogP contribution in [0.25, 0.3) is 0 Å². The molecule has 0 aliphatic heterocycles. The number of phenolic OH excluding ortho intramolecular Hbond substituents is 1. The Hall–Kier alpha value is -1.95. The van der Waals surface area contributed by atoms with Crippen LogP contribution in [-0.2, 0) is 0 Å². The van der Waals surface area contributed by atoms with Crippen molar-refractivity contribution in [1.82, 2.24) is 0 Å². The molecule has 0 unspecified atom stereocenters. The van der Waals surface area contributed by atoms with Crippen LogP contribution in [0.1, 0.15) is 30.1 Å². The molecule has 94 valence electrons. The van der Waals surface area contributed by atoms with Gasteiger partial charge in [0.2, 0.25) is 0 Å². The summed E-state index contributed by atoms with van der Waals surface area (Å²) in [7, 11) is 0. The predicted octanol–water partition coefficient (Wildman–Crippen LogP) is 2.44. The third-order valence-electron chi connectivity index (χ3n) is 3.18. The van der Waals surface area contributed by atoms with E-state index in [0.29, 0.717) is 18.0 Å². The van der Waals surface area contributed by atoms with E-state index in [0.717, 1.165) is 12.2 Å². The van der Waals surface area contributed by atoms with E-state index in [4.69, 9.17) is 6.42 Å². The molecule has 1 fully saturated rings. The smallest absolute Gasteiger partial charge is 0.163 e. The first-order valence-corrected chi connectivity index (χ1v) is 6.14. The first kappa shape index (κ1) is 12.5. The topological polar surface area (TPSA) is 40.5 Å². The van der Waals surface area contributed by atoms with Crippen LogP contribution >= 0.6 is 0 Å². The largest absolute Gasteiger partial charge is 0.507 e. The lowest BCUT2D eigenvalue weighted by Gasteiger charge is -2.22. The highest BCUT2D eigenvalue weighted by Crippen LogP contribution is 2.32. The standard InChI is InChI=1S/C15H17NO2/c1-3-8-16(10-12-4-5-12)13-6-7-14(11(2)17)15(18)9-13/h1,6-7,9,12,18H,4-5,8,10H2,2H3. The number of carbonyl (C=O) groups excluding carboxylic acids is 1. The minimum atomic E-state index is -0.134. The average Bonchev–Trinajstić information content (AvgIpc) is 3.11.